The van der Waals surface area contributed by atoms with Gasteiger partial charge in [-0.2, -0.15) is 5.26 Å². The van der Waals surface area contributed by atoms with Gasteiger partial charge in [0.15, 0.2) is 5.96 Å². The minimum absolute atomic E-state index is 0. The van der Waals surface area contributed by atoms with Crippen LogP contribution in [-0.4, -0.2) is 19.6 Å². The van der Waals surface area contributed by atoms with Crippen molar-refractivity contribution in [2.75, 3.05) is 13.6 Å². The molecule has 0 aromatic heterocycles. The van der Waals surface area contributed by atoms with Gasteiger partial charge >= 0.3 is 0 Å². The van der Waals surface area contributed by atoms with Gasteiger partial charge in [-0.1, -0.05) is 19.4 Å². The molecule has 1 saturated carbocycles. The van der Waals surface area contributed by atoms with Crippen molar-refractivity contribution in [3.05, 3.63) is 35.1 Å². The van der Waals surface area contributed by atoms with Crippen molar-refractivity contribution in [1.29, 1.82) is 5.26 Å². The first-order valence-corrected chi connectivity index (χ1v) is 7.75. The zero-order valence-corrected chi connectivity index (χ0v) is 16.0. The Balaban J connectivity index is 0.00000264. The molecule has 2 N–H and O–H groups in total. The summed E-state index contributed by atoms with van der Waals surface area (Å²) in [6.45, 7) is 3.47. The molecule has 2 rings (SSSR count). The van der Waals surface area contributed by atoms with E-state index in [-0.39, 0.29) is 29.8 Å². The third kappa shape index (κ3) is 5.06. The molecule has 23 heavy (non-hydrogen) atoms. The number of guanidine groups is 1. The summed E-state index contributed by atoms with van der Waals surface area (Å²) in [5.41, 5.74) is 1.26. The zero-order valence-electron chi connectivity index (χ0n) is 13.7. The van der Waals surface area contributed by atoms with E-state index < -0.39 is 0 Å². The Labute approximate surface area is 154 Å². The number of rotatable bonds is 5. The maximum atomic E-state index is 13.8. The van der Waals surface area contributed by atoms with E-state index in [1.807, 2.05) is 6.07 Å². The van der Waals surface area contributed by atoms with E-state index in [1.54, 1.807) is 19.2 Å². The van der Waals surface area contributed by atoms with Crippen molar-refractivity contribution in [3.63, 3.8) is 0 Å². The highest BCUT2D eigenvalue weighted by Crippen LogP contribution is 2.42. The third-order valence-corrected chi connectivity index (χ3v) is 4.65. The van der Waals surface area contributed by atoms with Crippen LogP contribution in [0.3, 0.4) is 0 Å². The van der Waals surface area contributed by atoms with Crippen LogP contribution in [0.2, 0.25) is 0 Å². The largest absolute Gasteiger partial charge is 0.356 e. The number of aliphatic imine (C=N–C) groups is 1. The second kappa shape index (κ2) is 9.06. The smallest absolute Gasteiger partial charge is 0.191 e. The molecule has 1 aliphatic rings. The maximum absolute atomic E-state index is 13.8. The van der Waals surface area contributed by atoms with Gasteiger partial charge in [0, 0.05) is 25.7 Å². The lowest BCUT2D eigenvalue weighted by atomic mass is 9.67. The van der Waals surface area contributed by atoms with Crippen LogP contribution >= 0.6 is 24.0 Å². The van der Waals surface area contributed by atoms with Crippen LogP contribution in [0.25, 0.3) is 0 Å². The van der Waals surface area contributed by atoms with Gasteiger partial charge in [0.05, 0.1) is 11.6 Å². The van der Waals surface area contributed by atoms with E-state index >= 15 is 0 Å². The highest BCUT2D eigenvalue weighted by atomic mass is 127. The number of benzene rings is 1. The Morgan fingerprint density at radius 2 is 2.13 bits per heavy atom. The highest BCUT2D eigenvalue weighted by Gasteiger charge is 2.34. The van der Waals surface area contributed by atoms with Crippen LogP contribution in [-0.2, 0) is 6.54 Å². The first-order chi connectivity index (χ1) is 10.6. The van der Waals surface area contributed by atoms with Crippen LogP contribution in [0.1, 0.15) is 43.7 Å². The number of hydrogen-bond acceptors (Lipinski definition) is 2. The predicted octanol–water partition coefficient (Wildman–Crippen LogP) is 3.56. The zero-order chi connectivity index (χ0) is 16.0. The Hall–Kier alpha value is -1.36. The Morgan fingerprint density at radius 3 is 2.61 bits per heavy atom. The van der Waals surface area contributed by atoms with Gasteiger partial charge in [0.1, 0.15) is 5.82 Å². The summed E-state index contributed by atoms with van der Waals surface area (Å²) in [6, 6.07) is 6.44. The summed E-state index contributed by atoms with van der Waals surface area (Å²) in [5, 5.41) is 15.2. The summed E-state index contributed by atoms with van der Waals surface area (Å²) in [5.74, 6) is 0.314. The summed E-state index contributed by atoms with van der Waals surface area (Å²) in [7, 11) is 1.71. The Bertz CT molecular complexity index is 585. The van der Waals surface area contributed by atoms with Gasteiger partial charge in [-0.15, -0.1) is 24.0 Å². The van der Waals surface area contributed by atoms with E-state index in [9.17, 15) is 4.39 Å². The molecule has 0 radical (unpaired) electrons. The summed E-state index contributed by atoms with van der Waals surface area (Å²) < 4.78 is 13.8. The van der Waals surface area contributed by atoms with Gasteiger partial charge in [-0.05, 0) is 36.8 Å². The van der Waals surface area contributed by atoms with Crippen LogP contribution in [0, 0.1) is 22.6 Å². The number of nitrogens with zero attached hydrogens (tertiary/aromatic N) is 2. The average Bonchev–Trinajstić information content (AvgIpc) is 2.50. The van der Waals surface area contributed by atoms with E-state index in [4.69, 9.17) is 5.26 Å². The van der Waals surface area contributed by atoms with Crippen molar-refractivity contribution in [2.45, 2.75) is 39.2 Å². The molecule has 0 spiro atoms. The lowest BCUT2D eigenvalue weighted by molar-refractivity contribution is 0.131. The van der Waals surface area contributed by atoms with Gasteiger partial charge in [-0.25, -0.2) is 4.39 Å². The molecule has 1 fully saturated rings. The molecule has 0 bridgehead atoms. The summed E-state index contributed by atoms with van der Waals surface area (Å²) in [6.07, 6.45) is 4.99. The minimum atomic E-state index is -0.369. The molecular weight excluding hydrogens is 406 g/mol. The van der Waals surface area contributed by atoms with Crippen molar-refractivity contribution in [3.8, 4) is 6.07 Å². The fraction of sp³-hybridized carbons (Fsp3) is 0.529. The normalized spacial score (nSPS) is 15.8. The quantitative estimate of drug-likeness (QED) is 0.427. The molecule has 0 heterocycles. The number of nitriles is 1. The minimum Gasteiger partial charge on any atom is -0.356 e. The highest BCUT2D eigenvalue weighted by molar-refractivity contribution is 14.0. The summed E-state index contributed by atoms with van der Waals surface area (Å²) in [4.78, 5) is 4.18. The van der Waals surface area contributed by atoms with Gasteiger partial charge in [0.2, 0.25) is 0 Å². The van der Waals surface area contributed by atoms with Crippen LogP contribution < -0.4 is 10.6 Å². The molecule has 1 aliphatic carbocycles. The van der Waals surface area contributed by atoms with E-state index in [2.05, 4.69) is 22.5 Å². The molecule has 126 valence electrons. The SMILES string of the molecule is CCC1(CNC(=NC)NCc2ccc(C#N)cc2F)CCC1.I. The topological polar surface area (TPSA) is 60.2 Å². The predicted molar refractivity (Wildman–Crippen MR) is 101 cm³/mol. The molecule has 0 amide bonds. The van der Waals surface area contributed by atoms with Crippen molar-refractivity contribution in [2.24, 2.45) is 10.4 Å². The van der Waals surface area contributed by atoms with Crippen molar-refractivity contribution in [1.82, 2.24) is 10.6 Å². The maximum Gasteiger partial charge on any atom is 0.191 e. The molecule has 0 unspecified atom stereocenters. The van der Waals surface area contributed by atoms with Crippen LogP contribution in [0.4, 0.5) is 4.39 Å². The van der Waals surface area contributed by atoms with Crippen molar-refractivity contribution < 1.29 is 4.39 Å². The Morgan fingerprint density at radius 1 is 1.39 bits per heavy atom. The van der Waals surface area contributed by atoms with E-state index in [0.29, 0.717) is 29.0 Å². The van der Waals surface area contributed by atoms with Crippen LogP contribution in [0.15, 0.2) is 23.2 Å². The Kier molecular flexibility index (Phi) is 7.76. The fourth-order valence-corrected chi connectivity index (χ4v) is 2.76. The monoisotopic (exact) mass is 430 g/mol. The molecule has 0 saturated heterocycles. The van der Waals surface area contributed by atoms with Gasteiger partial charge in [0.25, 0.3) is 0 Å². The lowest BCUT2D eigenvalue weighted by Gasteiger charge is -2.41. The molecule has 1 aromatic carbocycles. The molecule has 1 aromatic rings. The van der Waals surface area contributed by atoms with E-state index in [1.165, 1.54) is 31.7 Å². The summed E-state index contributed by atoms with van der Waals surface area (Å²) >= 11 is 0. The van der Waals surface area contributed by atoms with E-state index in [0.717, 1.165) is 6.54 Å². The van der Waals surface area contributed by atoms with Gasteiger partial charge < -0.3 is 10.6 Å². The molecular formula is C17H24FIN4. The lowest BCUT2D eigenvalue weighted by Crippen LogP contribution is -2.46. The number of nitrogens with one attached hydrogen (secondary N) is 2. The second-order valence-corrected chi connectivity index (χ2v) is 5.90. The first kappa shape index (κ1) is 19.7. The molecule has 0 atom stereocenters. The number of hydrogen-bond donors (Lipinski definition) is 2. The third-order valence-electron chi connectivity index (χ3n) is 4.65. The molecule has 4 nitrogen and oxygen atoms in total. The second-order valence-electron chi connectivity index (χ2n) is 5.90. The van der Waals surface area contributed by atoms with Crippen molar-refractivity contribution >= 4 is 29.9 Å². The van der Waals surface area contributed by atoms with Crippen LogP contribution in [0.5, 0.6) is 0 Å². The molecule has 0 aliphatic heterocycles. The molecule has 6 heteroatoms. The van der Waals surface area contributed by atoms with Gasteiger partial charge in [-0.3, -0.25) is 4.99 Å². The standard InChI is InChI=1S/C17H23FN4.HI/c1-3-17(7-4-8-17)12-22-16(20-2)21-11-14-6-5-13(10-19)9-15(14)18;/h5-6,9H,3-4,7-8,11-12H2,1-2H3,(H2,20,21,22);1H. The number of halogens is 2. The first-order valence-electron chi connectivity index (χ1n) is 7.75. The fourth-order valence-electron chi connectivity index (χ4n) is 2.76. The average molecular weight is 430 g/mol.